The zero-order valence-corrected chi connectivity index (χ0v) is 11.3. The summed E-state index contributed by atoms with van der Waals surface area (Å²) in [5, 5.41) is 0. The van der Waals surface area contributed by atoms with Crippen LogP contribution in [0.25, 0.3) is 0 Å². The maximum atomic E-state index is 4.23. The van der Waals surface area contributed by atoms with Crippen molar-refractivity contribution in [2.75, 3.05) is 18.0 Å². The lowest BCUT2D eigenvalue weighted by molar-refractivity contribution is 0.866. The van der Waals surface area contributed by atoms with E-state index in [1.54, 1.807) is 24.7 Å². The van der Waals surface area contributed by atoms with Crippen LogP contribution in [-0.4, -0.2) is 29.3 Å². The van der Waals surface area contributed by atoms with E-state index in [1.807, 2.05) is 0 Å². The highest BCUT2D eigenvalue weighted by atomic mass is 15.1. The van der Waals surface area contributed by atoms with Gasteiger partial charge in [-0.25, -0.2) is 15.0 Å². The number of aliphatic imine (C=N–C) groups is 1. The van der Waals surface area contributed by atoms with Crippen LogP contribution in [0.1, 0.15) is 19.4 Å². The van der Waals surface area contributed by atoms with Gasteiger partial charge in [0.1, 0.15) is 0 Å². The third-order valence-electron chi connectivity index (χ3n) is 2.90. The molecular formula is C15H18N4. The molecular weight excluding hydrogens is 236 g/mol. The monoisotopic (exact) mass is 254 g/mol. The van der Waals surface area contributed by atoms with Crippen LogP contribution in [0, 0.1) is 0 Å². The number of rotatable bonds is 5. The van der Waals surface area contributed by atoms with E-state index in [9.17, 15) is 0 Å². The standard InChI is InChI=1S/C15H18N4/c1-3-19(4-2)14-8-6-13(7-9-14)12-18-15-16-10-5-11-17-15/h5-12H,3-4H2,1-2H3. The molecule has 0 aliphatic heterocycles. The van der Waals surface area contributed by atoms with Gasteiger partial charge in [0.15, 0.2) is 0 Å². The van der Waals surface area contributed by atoms with Crippen molar-refractivity contribution >= 4 is 17.9 Å². The van der Waals surface area contributed by atoms with Crippen molar-refractivity contribution in [2.24, 2.45) is 4.99 Å². The highest BCUT2D eigenvalue weighted by molar-refractivity contribution is 5.81. The highest BCUT2D eigenvalue weighted by Gasteiger charge is 2.00. The van der Waals surface area contributed by atoms with Gasteiger partial charge in [0.05, 0.1) is 0 Å². The third kappa shape index (κ3) is 3.61. The summed E-state index contributed by atoms with van der Waals surface area (Å²) in [6.45, 7) is 6.35. The number of nitrogens with zero attached hydrogens (tertiary/aromatic N) is 4. The zero-order valence-electron chi connectivity index (χ0n) is 11.3. The normalized spacial score (nSPS) is 10.8. The Balaban J connectivity index is 2.09. The second-order valence-corrected chi connectivity index (χ2v) is 4.07. The zero-order chi connectivity index (χ0) is 13.5. The molecule has 0 aliphatic rings. The minimum Gasteiger partial charge on any atom is -0.372 e. The molecule has 98 valence electrons. The maximum absolute atomic E-state index is 4.23. The Labute approximate surface area is 113 Å². The van der Waals surface area contributed by atoms with E-state index in [1.165, 1.54) is 5.69 Å². The third-order valence-corrected chi connectivity index (χ3v) is 2.90. The van der Waals surface area contributed by atoms with Gasteiger partial charge in [-0.15, -0.1) is 0 Å². The van der Waals surface area contributed by atoms with E-state index in [-0.39, 0.29) is 0 Å². The van der Waals surface area contributed by atoms with E-state index < -0.39 is 0 Å². The van der Waals surface area contributed by atoms with Crippen LogP contribution in [0.4, 0.5) is 11.6 Å². The largest absolute Gasteiger partial charge is 0.372 e. The molecule has 1 aromatic carbocycles. The Bertz CT molecular complexity index is 516. The molecule has 4 heteroatoms. The minimum absolute atomic E-state index is 0.482. The number of hydrogen-bond acceptors (Lipinski definition) is 4. The van der Waals surface area contributed by atoms with Crippen molar-refractivity contribution in [2.45, 2.75) is 13.8 Å². The van der Waals surface area contributed by atoms with Gasteiger partial charge < -0.3 is 4.90 Å². The molecule has 2 rings (SSSR count). The van der Waals surface area contributed by atoms with Crippen LogP contribution in [0.5, 0.6) is 0 Å². The lowest BCUT2D eigenvalue weighted by Crippen LogP contribution is -2.21. The summed E-state index contributed by atoms with van der Waals surface area (Å²) in [6, 6.07) is 10.1. The Morgan fingerprint density at radius 1 is 1.05 bits per heavy atom. The quantitative estimate of drug-likeness (QED) is 0.770. The molecule has 0 saturated heterocycles. The van der Waals surface area contributed by atoms with Crippen LogP contribution in [-0.2, 0) is 0 Å². The lowest BCUT2D eigenvalue weighted by atomic mass is 10.2. The van der Waals surface area contributed by atoms with Crippen molar-refractivity contribution in [3.63, 3.8) is 0 Å². The van der Waals surface area contributed by atoms with E-state index in [0.29, 0.717) is 5.95 Å². The first-order valence-corrected chi connectivity index (χ1v) is 6.49. The van der Waals surface area contributed by atoms with E-state index in [4.69, 9.17) is 0 Å². The van der Waals surface area contributed by atoms with Gasteiger partial charge in [0.25, 0.3) is 0 Å². The van der Waals surface area contributed by atoms with Gasteiger partial charge >= 0.3 is 0 Å². The van der Waals surface area contributed by atoms with Gasteiger partial charge in [-0.1, -0.05) is 12.1 Å². The van der Waals surface area contributed by atoms with Gasteiger partial charge in [-0.05, 0) is 37.6 Å². The summed E-state index contributed by atoms with van der Waals surface area (Å²) in [6.07, 6.45) is 5.15. The van der Waals surface area contributed by atoms with Gasteiger partial charge in [0.2, 0.25) is 5.95 Å². The van der Waals surface area contributed by atoms with E-state index in [0.717, 1.165) is 18.7 Å². The van der Waals surface area contributed by atoms with Crippen LogP contribution < -0.4 is 4.90 Å². The smallest absolute Gasteiger partial charge is 0.249 e. The summed E-state index contributed by atoms with van der Waals surface area (Å²) in [7, 11) is 0. The Morgan fingerprint density at radius 3 is 2.26 bits per heavy atom. The number of aromatic nitrogens is 2. The molecule has 0 radical (unpaired) electrons. The molecule has 0 unspecified atom stereocenters. The molecule has 1 aromatic heterocycles. The second-order valence-electron chi connectivity index (χ2n) is 4.07. The number of benzene rings is 1. The molecule has 1 heterocycles. The number of anilines is 1. The Hall–Kier alpha value is -2.23. The second kappa shape index (κ2) is 6.64. The van der Waals surface area contributed by atoms with Crippen molar-refractivity contribution in [1.29, 1.82) is 0 Å². The van der Waals surface area contributed by atoms with Crippen molar-refractivity contribution < 1.29 is 0 Å². The predicted octanol–water partition coefficient (Wildman–Crippen LogP) is 3.07. The first-order chi connectivity index (χ1) is 9.33. The van der Waals surface area contributed by atoms with E-state index >= 15 is 0 Å². The fraction of sp³-hybridized carbons (Fsp3) is 0.267. The van der Waals surface area contributed by atoms with Crippen molar-refractivity contribution in [3.8, 4) is 0 Å². The molecule has 0 atom stereocenters. The fourth-order valence-corrected chi connectivity index (χ4v) is 1.85. The molecule has 0 fully saturated rings. The SMILES string of the molecule is CCN(CC)c1ccc(C=Nc2ncccn2)cc1. The molecule has 2 aromatic rings. The van der Waals surface area contributed by atoms with E-state index in [2.05, 4.69) is 58.0 Å². The van der Waals surface area contributed by atoms with Crippen molar-refractivity contribution in [3.05, 3.63) is 48.3 Å². The predicted molar refractivity (Wildman–Crippen MR) is 79.3 cm³/mol. The average molecular weight is 254 g/mol. The molecule has 0 saturated carbocycles. The topological polar surface area (TPSA) is 41.4 Å². The first-order valence-electron chi connectivity index (χ1n) is 6.49. The van der Waals surface area contributed by atoms with Crippen LogP contribution >= 0.6 is 0 Å². The summed E-state index contributed by atoms with van der Waals surface area (Å²) in [5.41, 5.74) is 2.28. The Kier molecular flexibility index (Phi) is 4.61. The van der Waals surface area contributed by atoms with Gasteiger partial charge in [-0.2, -0.15) is 0 Å². The van der Waals surface area contributed by atoms with Gasteiger partial charge in [0, 0.05) is 37.4 Å². The molecule has 0 bridgehead atoms. The van der Waals surface area contributed by atoms with Crippen LogP contribution in [0.3, 0.4) is 0 Å². The van der Waals surface area contributed by atoms with Crippen LogP contribution in [0.2, 0.25) is 0 Å². The average Bonchev–Trinajstić information content (AvgIpc) is 2.49. The molecule has 19 heavy (non-hydrogen) atoms. The minimum atomic E-state index is 0.482. The van der Waals surface area contributed by atoms with Crippen LogP contribution in [0.15, 0.2) is 47.7 Å². The van der Waals surface area contributed by atoms with Crippen molar-refractivity contribution in [1.82, 2.24) is 9.97 Å². The molecule has 0 amide bonds. The summed E-state index contributed by atoms with van der Waals surface area (Å²) in [5.74, 6) is 0.482. The highest BCUT2D eigenvalue weighted by Crippen LogP contribution is 2.14. The Morgan fingerprint density at radius 2 is 1.68 bits per heavy atom. The fourth-order valence-electron chi connectivity index (χ4n) is 1.85. The molecule has 0 aliphatic carbocycles. The molecule has 0 N–H and O–H groups in total. The summed E-state index contributed by atoms with van der Waals surface area (Å²) in [4.78, 5) is 14.6. The number of hydrogen-bond donors (Lipinski definition) is 0. The molecule has 4 nitrogen and oxygen atoms in total. The summed E-state index contributed by atoms with van der Waals surface area (Å²) < 4.78 is 0. The van der Waals surface area contributed by atoms with Gasteiger partial charge in [-0.3, -0.25) is 0 Å². The molecule has 0 spiro atoms. The first kappa shape index (κ1) is 13.2. The lowest BCUT2D eigenvalue weighted by Gasteiger charge is -2.20. The summed E-state index contributed by atoms with van der Waals surface area (Å²) >= 11 is 0. The maximum Gasteiger partial charge on any atom is 0.249 e.